The number of piperidine rings is 1. The Hall–Kier alpha value is -1.10. The standard InChI is InChI=1S/C13H20N2O3/c16-11(15-6-1-9(8-15)12(17)18)10-7-13(10)2-4-14-5-3-13/h9-10,14H,1-8H2,(H,17,18). The minimum absolute atomic E-state index is 0.173. The van der Waals surface area contributed by atoms with Gasteiger partial charge in [0.25, 0.3) is 0 Å². The fraction of sp³-hybridized carbons (Fsp3) is 0.846. The Kier molecular flexibility index (Phi) is 2.81. The van der Waals surface area contributed by atoms with E-state index in [1.165, 1.54) is 0 Å². The van der Waals surface area contributed by atoms with Gasteiger partial charge in [0.1, 0.15) is 0 Å². The van der Waals surface area contributed by atoms with Crippen LogP contribution in [-0.2, 0) is 9.59 Å². The van der Waals surface area contributed by atoms with E-state index in [2.05, 4.69) is 5.32 Å². The summed E-state index contributed by atoms with van der Waals surface area (Å²) >= 11 is 0. The first-order valence-corrected chi connectivity index (χ1v) is 6.85. The van der Waals surface area contributed by atoms with Crippen LogP contribution in [0, 0.1) is 17.3 Å². The van der Waals surface area contributed by atoms with Crippen LogP contribution in [0.15, 0.2) is 0 Å². The van der Waals surface area contributed by atoms with Gasteiger partial charge in [0, 0.05) is 19.0 Å². The number of carboxylic acid groups (broad SMARTS) is 1. The van der Waals surface area contributed by atoms with E-state index in [1.54, 1.807) is 4.90 Å². The van der Waals surface area contributed by atoms with Crippen LogP contribution >= 0.6 is 0 Å². The van der Waals surface area contributed by atoms with Crippen molar-refractivity contribution in [1.29, 1.82) is 0 Å². The van der Waals surface area contributed by atoms with E-state index in [0.29, 0.717) is 19.5 Å². The average molecular weight is 252 g/mol. The number of aliphatic carboxylic acids is 1. The lowest BCUT2D eigenvalue weighted by Crippen LogP contribution is -2.35. The summed E-state index contributed by atoms with van der Waals surface area (Å²) in [7, 11) is 0. The molecule has 100 valence electrons. The zero-order valence-corrected chi connectivity index (χ0v) is 10.5. The van der Waals surface area contributed by atoms with E-state index >= 15 is 0 Å². The summed E-state index contributed by atoms with van der Waals surface area (Å²) in [6, 6.07) is 0. The lowest BCUT2D eigenvalue weighted by Gasteiger charge is -2.25. The highest BCUT2D eigenvalue weighted by Gasteiger charge is 2.58. The minimum atomic E-state index is -0.766. The molecule has 2 atom stereocenters. The monoisotopic (exact) mass is 252 g/mol. The largest absolute Gasteiger partial charge is 0.481 e. The molecule has 1 spiro atoms. The summed E-state index contributed by atoms with van der Waals surface area (Å²) in [5, 5.41) is 12.3. The maximum Gasteiger partial charge on any atom is 0.308 e. The van der Waals surface area contributed by atoms with Crippen LogP contribution in [0.4, 0.5) is 0 Å². The first-order valence-electron chi connectivity index (χ1n) is 6.85. The number of amides is 1. The van der Waals surface area contributed by atoms with Gasteiger partial charge in [-0.25, -0.2) is 0 Å². The lowest BCUT2D eigenvalue weighted by atomic mass is 9.91. The molecule has 2 N–H and O–H groups in total. The van der Waals surface area contributed by atoms with E-state index < -0.39 is 5.97 Å². The second kappa shape index (κ2) is 4.23. The molecular formula is C13H20N2O3. The normalized spacial score (nSPS) is 33.7. The van der Waals surface area contributed by atoms with Crippen molar-refractivity contribution >= 4 is 11.9 Å². The van der Waals surface area contributed by atoms with E-state index in [0.717, 1.165) is 32.4 Å². The topological polar surface area (TPSA) is 69.6 Å². The van der Waals surface area contributed by atoms with Crippen molar-refractivity contribution in [3.05, 3.63) is 0 Å². The van der Waals surface area contributed by atoms with E-state index in [9.17, 15) is 9.59 Å². The van der Waals surface area contributed by atoms with Crippen LogP contribution < -0.4 is 5.32 Å². The quantitative estimate of drug-likeness (QED) is 0.742. The van der Waals surface area contributed by atoms with Gasteiger partial charge in [-0.1, -0.05) is 0 Å². The molecule has 18 heavy (non-hydrogen) atoms. The van der Waals surface area contributed by atoms with Gasteiger partial charge in [-0.2, -0.15) is 0 Å². The molecule has 3 fully saturated rings. The summed E-state index contributed by atoms with van der Waals surface area (Å²) < 4.78 is 0. The third kappa shape index (κ3) is 1.90. The zero-order valence-electron chi connectivity index (χ0n) is 10.5. The Bertz CT molecular complexity index is 376. The van der Waals surface area contributed by atoms with Gasteiger partial charge in [0.2, 0.25) is 5.91 Å². The summed E-state index contributed by atoms with van der Waals surface area (Å²) in [6.07, 6.45) is 3.82. The SMILES string of the molecule is O=C(O)C1CCN(C(=O)C2CC23CCNCC3)C1. The Morgan fingerprint density at radius 3 is 2.61 bits per heavy atom. The second-order valence-electron chi connectivity index (χ2n) is 5.98. The van der Waals surface area contributed by atoms with E-state index in [-0.39, 0.29) is 23.2 Å². The number of hydrogen-bond donors (Lipinski definition) is 2. The molecule has 5 heteroatoms. The third-order valence-electron chi connectivity index (χ3n) is 4.94. The number of carbonyl (C=O) groups is 2. The van der Waals surface area contributed by atoms with Gasteiger partial charge in [-0.3, -0.25) is 9.59 Å². The van der Waals surface area contributed by atoms with Crippen molar-refractivity contribution in [2.75, 3.05) is 26.2 Å². The van der Waals surface area contributed by atoms with Crippen LogP contribution in [0.3, 0.4) is 0 Å². The molecule has 0 aromatic carbocycles. The molecule has 1 saturated carbocycles. The fourth-order valence-corrected chi connectivity index (χ4v) is 3.56. The predicted molar refractivity (Wildman–Crippen MR) is 65.0 cm³/mol. The summed E-state index contributed by atoms with van der Waals surface area (Å²) in [4.78, 5) is 25.0. The van der Waals surface area contributed by atoms with Crippen molar-refractivity contribution in [3.8, 4) is 0 Å². The van der Waals surface area contributed by atoms with Gasteiger partial charge in [-0.05, 0) is 44.2 Å². The molecular weight excluding hydrogens is 232 g/mol. The van der Waals surface area contributed by atoms with Crippen molar-refractivity contribution in [2.45, 2.75) is 25.7 Å². The molecule has 0 aromatic heterocycles. The van der Waals surface area contributed by atoms with Gasteiger partial charge < -0.3 is 15.3 Å². The fourth-order valence-electron chi connectivity index (χ4n) is 3.56. The number of rotatable bonds is 2. The van der Waals surface area contributed by atoms with Crippen molar-refractivity contribution in [3.63, 3.8) is 0 Å². The number of carbonyl (C=O) groups excluding carboxylic acids is 1. The molecule has 2 heterocycles. The highest BCUT2D eigenvalue weighted by molar-refractivity contribution is 5.84. The molecule has 3 aliphatic rings. The van der Waals surface area contributed by atoms with Crippen molar-refractivity contribution in [1.82, 2.24) is 10.2 Å². The van der Waals surface area contributed by atoms with Crippen molar-refractivity contribution < 1.29 is 14.7 Å². The second-order valence-corrected chi connectivity index (χ2v) is 5.98. The molecule has 0 bridgehead atoms. The first-order chi connectivity index (χ1) is 8.62. The zero-order chi connectivity index (χ0) is 12.8. The summed E-state index contributed by atoms with van der Waals surface area (Å²) in [5.74, 6) is -0.734. The van der Waals surface area contributed by atoms with Gasteiger partial charge in [0.05, 0.1) is 5.92 Å². The molecule has 1 amide bonds. The van der Waals surface area contributed by atoms with E-state index in [4.69, 9.17) is 5.11 Å². The van der Waals surface area contributed by atoms with Crippen LogP contribution in [0.25, 0.3) is 0 Å². The molecule has 5 nitrogen and oxygen atoms in total. The molecule has 2 saturated heterocycles. The molecule has 2 aliphatic heterocycles. The van der Waals surface area contributed by atoms with Crippen LogP contribution in [0.2, 0.25) is 0 Å². The predicted octanol–water partition coefficient (Wildman–Crippen LogP) is 0.309. The number of nitrogens with zero attached hydrogens (tertiary/aromatic N) is 1. The number of likely N-dealkylation sites (tertiary alicyclic amines) is 1. The Balaban J connectivity index is 1.59. The lowest BCUT2D eigenvalue weighted by molar-refractivity contribution is -0.141. The highest BCUT2D eigenvalue weighted by atomic mass is 16.4. The third-order valence-corrected chi connectivity index (χ3v) is 4.94. The molecule has 1 aliphatic carbocycles. The molecule has 3 rings (SSSR count). The van der Waals surface area contributed by atoms with Gasteiger partial charge in [-0.15, -0.1) is 0 Å². The maximum absolute atomic E-state index is 12.4. The number of nitrogens with one attached hydrogen (secondary N) is 1. The van der Waals surface area contributed by atoms with Crippen LogP contribution in [-0.4, -0.2) is 48.1 Å². The van der Waals surface area contributed by atoms with Crippen molar-refractivity contribution in [2.24, 2.45) is 17.3 Å². The molecule has 0 aromatic rings. The molecule has 0 radical (unpaired) electrons. The highest BCUT2D eigenvalue weighted by Crippen LogP contribution is 2.59. The van der Waals surface area contributed by atoms with E-state index in [1.807, 2.05) is 0 Å². The van der Waals surface area contributed by atoms with Gasteiger partial charge in [0.15, 0.2) is 0 Å². The first kappa shape index (κ1) is 12.0. The summed E-state index contributed by atoms with van der Waals surface area (Å²) in [5.41, 5.74) is 0.254. The van der Waals surface area contributed by atoms with Crippen LogP contribution in [0.5, 0.6) is 0 Å². The average Bonchev–Trinajstić information content (AvgIpc) is 2.85. The number of carboxylic acids is 1. The minimum Gasteiger partial charge on any atom is -0.481 e. The smallest absolute Gasteiger partial charge is 0.308 e. The van der Waals surface area contributed by atoms with Gasteiger partial charge >= 0.3 is 5.97 Å². The van der Waals surface area contributed by atoms with Crippen LogP contribution in [0.1, 0.15) is 25.7 Å². The maximum atomic E-state index is 12.4. The molecule has 2 unspecified atom stereocenters. The Morgan fingerprint density at radius 2 is 2.00 bits per heavy atom. The number of hydrogen-bond acceptors (Lipinski definition) is 3. The summed E-state index contributed by atoms with van der Waals surface area (Å²) in [6.45, 7) is 3.07. The Labute approximate surface area is 107 Å². The Morgan fingerprint density at radius 1 is 1.28 bits per heavy atom.